The molecule has 0 aromatic carbocycles. The highest BCUT2D eigenvalue weighted by atomic mass is 16.5. The molecule has 0 amide bonds. The molecule has 1 aliphatic carbocycles. The predicted molar refractivity (Wildman–Crippen MR) is 72.9 cm³/mol. The van der Waals surface area contributed by atoms with Crippen LogP contribution in [0, 0.1) is 5.92 Å². The Morgan fingerprint density at radius 1 is 1.56 bits per heavy atom. The van der Waals surface area contributed by atoms with Gasteiger partial charge in [-0.15, -0.1) is 0 Å². The Morgan fingerprint density at radius 2 is 2.33 bits per heavy atom. The van der Waals surface area contributed by atoms with Crippen molar-refractivity contribution in [1.82, 2.24) is 4.98 Å². The molecule has 18 heavy (non-hydrogen) atoms. The van der Waals surface area contributed by atoms with Crippen molar-refractivity contribution < 1.29 is 4.74 Å². The Bertz CT molecular complexity index is 410. The van der Waals surface area contributed by atoms with Crippen LogP contribution in [-0.2, 0) is 4.74 Å². The summed E-state index contributed by atoms with van der Waals surface area (Å²) >= 11 is 0. The van der Waals surface area contributed by atoms with E-state index in [1.54, 1.807) is 25.6 Å². The highest BCUT2D eigenvalue weighted by Crippen LogP contribution is 2.42. The third-order valence-electron chi connectivity index (χ3n) is 4.19. The van der Waals surface area contributed by atoms with Crippen LogP contribution in [0.1, 0.15) is 44.2 Å². The maximum absolute atomic E-state index is 6.43. The van der Waals surface area contributed by atoms with Gasteiger partial charge in [0.25, 0.3) is 0 Å². The summed E-state index contributed by atoms with van der Waals surface area (Å²) in [4.78, 5) is 4.13. The first-order chi connectivity index (χ1) is 8.59. The molecule has 3 atom stereocenters. The van der Waals surface area contributed by atoms with Crippen molar-refractivity contribution in [3.63, 3.8) is 0 Å². The van der Waals surface area contributed by atoms with E-state index in [-0.39, 0.29) is 11.6 Å². The smallest absolute Gasteiger partial charge is 0.0874 e. The van der Waals surface area contributed by atoms with Gasteiger partial charge in [0.05, 0.1) is 11.6 Å². The number of pyridine rings is 1. The second kappa shape index (κ2) is 5.24. The van der Waals surface area contributed by atoms with Crippen molar-refractivity contribution in [2.75, 3.05) is 12.8 Å². The summed E-state index contributed by atoms with van der Waals surface area (Å²) in [6.07, 6.45) is 7.83. The molecule has 0 aliphatic heterocycles. The highest BCUT2D eigenvalue weighted by molar-refractivity contribution is 5.47. The zero-order valence-electron chi connectivity index (χ0n) is 11.2. The highest BCUT2D eigenvalue weighted by Gasteiger charge is 2.41. The molecule has 1 aromatic heterocycles. The lowest BCUT2D eigenvalue weighted by Gasteiger charge is -2.43. The summed E-state index contributed by atoms with van der Waals surface area (Å²) in [7, 11) is 1.75. The zero-order valence-corrected chi connectivity index (χ0v) is 11.2. The van der Waals surface area contributed by atoms with Crippen LogP contribution in [0.3, 0.4) is 0 Å². The quantitative estimate of drug-likeness (QED) is 0.861. The van der Waals surface area contributed by atoms with Gasteiger partial charge in [-0.3, -0.25) is 4.98 Å². The van der Waals surface area contributed by atoms with E-state index in [1.165, 1.54) is 6.42 Å². The third-order valence-corrected chi connectivity index (χ3v) is 4.19. The van der Waals surface area contributed by atoms with Gasteiger partial charge in [0, 0.05) is 30.8 Å². The van der Waals surface area contributed by atoms with E-state index >= 15 is 0 Å². The van der Waals surface area contributed by atoms with Crippen LogP contribution in [0.4, 0.5) is 5.69 Å². The summed E-state index contributed by atoms with van der Waals surface area (Å²) in [6, 6.07) is 1.59. The molecule has 1 heterocycles. The lowest BCUT2D eigenvalue weighted by molar-refractivity contribution is -0.0717. The lowest BCUT2D eigenvalue weighted by atomic mass is 9.73. The molecule has 4 nitrogen and oxygen atoms in total. The summed E-state index contributed by atoms with van der Waals surface area (Å²) < 4.78 is 5.81. The molecule has 100 valence electrons. The van der Waals surface area contributed by atoms with E-state index in [2.05, 4.69) is 11.9 Å². The minimum atomic E-state index is -0.297. The molecule has 4 heteroatoms. The number of ether oxygens (including phenoxy) is 1. The maximum Gasteiger partial charge on any atom is 0.0874 e. The first kappa shape index (κ1) is 13.3. The van der Waals surface area contributed by atoms with Gasteiger partial charge in [-0.05, 0) is 24.8 Å². The van der Waals surface area contributed by atoms with Crippen molar-refractivity contribution in [1.29, 1.82) is 0 Å². The Hall–Kier alpha value is -1.13. The van der Waals surface area contributed by atoms with E-state index in [1.807, 2.05) is 0 Å². The second-order valence-electron chi connectivity index (χ2n) is 5.45. The van der Waals surface area contributed by atoms with Crippen LogP contribution in [0.2, 0.25) is 0 Å². The molecule has 3 unspecified atom stereocenters. The van der Waals surface area contributed by atoms with Crippen LogP contribution in [-0.4, -0.2) is 17.7 Å². The fourth-order valence-corrected chi connectivity index (χ4v) is 3.10. The summed E-state index contributed by atoms with van der Waals surface area (Å²) in [5, 5.41) is 0. The fourth-order valence-electron chi connectivity index (χ4n) is 3.10. The van der Waals surface area contributed by atoms with Gasteiger partial charge in [-0.2, -0.15) is 0 Å². The minimum Gasteiger partial charge on any atom is -0.398 e. The number of hydrogen-bond donors (Lipinski definition) is 2. The SMILES string of the molecule is COC1(C(N)c2cnccc2N)CCCC(C)C1. The molecular formula is C14H23N3O. The van der Waals surface area contributed by atoms with E-state index in [9.17, 15) is 0 Å². The first-order valence-corrected chi connectivity index (χ1v) is 6.59. The normalized spacial score (nSPS) is 30.1. The Morgan fingerprint density at radius 3 is 2.94 bits per heavy atom. The van der Waals surface area contributed by atoms with Gasteiger partial charge >= 0.3 is 0 Å². The minimum absolute atomic E-state index is 0.209. The average Bonchev–Trinajstić information content (AvgIpc) is 2.38. The first-order valence-electron chi connectivity index (χ1n) is 6.59. The Labute approximate surface area is 109 Å². The number of aromatic nitrogens is 1. The molecule has 0 saturated heterocycles. The van der Waals surface area contributed by atoms with Crippen LogP contribution in [0.25, 0.3) is 0 Å². The van der Waals surface area contributed by atoms with Crippen molar-refractivity contribution in [2.24, 2.45) is 11.7 Å². The van der Waals surface area contributed by atoms with Crippen LogP contribution >= 0.6 is 0 Å². The van der Waals surface area contributed by atoms with E-state index in [4.69, 9.17) is 16.2 Å². The van der Waals surface area contributed by atoms with Gasteiger partial charge in [0.15, 0.2) is 0 Å². The number of nitrogens with zero attached hydrogens (tertiary/aromatic N) is 1. The van der Waals surface area contributed by atoms with Crippen molar-refractivity contribution in [3.8, 4) is 0 Å². The molecule has 0 bridgehead atoms. The number of anilines is 1. The van der Waals surface area contributed by atoms with Crippen molar-refractivity contribution >= 4 is 5.69 Å². The van der Waals surface area contributed by atoms with Gasteiger partial charge in [-0.1, -0.05) is 19.8 Å². The van der Waals surface area contributed by atoms with Gasteiger partial charge in [0.1, 0.15) is 0 Å². The fraction of sp³-hybridized carbons (Fsp3) is 0.643. The van der Waals surface area contributed by atoms with Crippen LogP contribution in [0.15, 0.2) is 18.5 Å². The number of nitrogens with two attached hydrogens (primary N) is 2. The number of hydrogen-bond acceptors (Lipinski definition) is 4. The second-order valence-corrected chi connectivity index (χ2v) is 5.45. The Kier molecular flexibility index (Phi) is 3.88. The predicted octanol–water partition coefficient (Wildman–Crippen LogP) is 2.26. The van der Waals surface area contributed by atoms with Crippen molar-refractivity contribution in [2.45, 2.75) is 44.2 Å². The molecular weight excluding hydrogens is 226 g/mol. The summed E-state index contributed by atoms with van der Waals surface area (Å²) in [5.41, 5.74) is 13.7. The van der Waals surface area contributed by atoms with Crippen molar-refractivity contribution in [3.05, 3.63) is 24.0 Å². The van der Waals surface area contributed by atoms with E-state index in [0.717, 1.165) is 24.8 Å². The topological polar surface area (TPSA) is 74.2 Å². The molecule has 0 radical (unpaired) electrons. The van der Waals surface area contributed by atoms with Crippen LogP contribution < -0.4 is 11.5 Å². The molecule has 1 aliphatic rings. The monoisotopic (exact) mass is 249 g/mol. The average molecular weight is 249 g/mol. The Balaban J connectivity index is 2.30. The van der Waals surface area contributed by atoms with E-state index < -0.39 is 0 Å². The molecule has 1 saturated carbocycles. The third kappa shape index (κ3) is 2.35. The zero-order chi connectivity index (χ0) is 13.2. The molecule has 0 spiro atoms. The maximum atomic E-state index is 6.43. The summed E-state index contributed by atoms with van der Waals surface area (Å²) in [6.45, 7) is 2.26. The van der Waals surface area contributed by atoms with Gasteiger partial charge < -0.3 is 16.2 Å². The number of nitrogen functional groups attached to an aromatic ring is 1. The van der Waals surface area contributed by atoms with Gasteiger partial charge in [-0.25, -0.2) is 0 Å². The molecule has 1 fully saturated rings. The van der Waals surface area contributed by atoms with E-state index in [0.29, 0.717) is 11.6 Å². The molecule has 1 aromatic rings. The molecule has 2 rings (SSSR count). The van der Waals surface area contributed by atoms with Crippen LogP contribution in [0.5, 0.6) is 0 Å². The van der Waals surface area contributed by atoms with Gasteiger partial charge in [0.2, 0.25) is 0 Å². The standard InChI is InChI=1S/C14H23N3O/c1-10-4-3-6-14(8-10,18-2)13(16)11-9-17-7-5-12(11)15/h5,7,9-10,13H,3-4,6,8,16H2,1-2H3,(H2,15,17). The largest absolute Gasteiger partial charge is 0.398 e. The number of methoxy groups -OCH3 is 1. The summed E-state index contributed by atoms with van der Waals surface area (Å²) in [5.74, 6) is 0.641. The molecule has 4 N–H and O–H groups in total. The number of rotatable bonds is 3. The lowest BCUT2D eigenvalue weighted by Crippen LogP contribution is -2.46.